The number of carbonyl (C=O) groups is 1. The Morgan fingerprint density at radius 1 is 1.28 bits per heavy atom. The molecule has 18 heavy (non-hydrogen) atoms. The second-order valence-corrected chi connectivity index (χ2v) is 6.00. The van der Waals surface area contributed by atoms with E-state index >= 15 is 0 Å². The van der Waals surface area contributed by atoms with E-state index in [1.807, 2.05) is 19.1 Å². The van der Waals surface area contributed by atoms with Gasteiger partial charge < -0.3 is 10.2 Å². The summed E-state index contributed by atoms with van der Waals surface area (Å²) < 4.78 is 11.8. The number of aliphatic hydroxyl groups excluding tert-OH is 2. The van der Waals surface area contributed by atoms with Crippen molar-refractivity contribution in [1.29, 1.82) is 0 Å². The highest BCUT2D eigenvalue weighted by atomic mass is 31.1. The third-order valence-electron chi connectivity index (χ3n) is 2.70. The zero-order valence-electron chi connectivity index (χ0n) is 10.8. The molecule has 2 N–H and O–H groups in total. The van der Waals surface area contributed by atoms with Crippen molar-refractivity contribution in [1.82, 2.24) is 0 Å². The highest BCUT2D eigenvalue weighted by Gasteiger charge is 2.34. The minimum Gasteiger partial charge on any atom is -0.394 e. The van der Waals surface area contributed by atoms with Gasteiger partial charge in [0, 0.05) is 0 Å². The fourth-order valence-electron chi connectivity index (χ4n) is 1.97. The molecule has 0 saturated heterocycles. The third-order valence-corrected chi connectivity index (χ3v) is 4.13. The van der Waals surface area contributed by atoms with Gasteiger partial charge in [0.2, 0.25) is 0 Å². The minimum absolute atomic E-state index is 0.197. The molecule has 1 rings (SSSR count). The molecule has 2 unspecified atom stereocenters. The Morgan fingerprint density at radius 3 is 2.22 bits per heavy atom. The predicted octanol–water partition coefficient (Wildman–Crippen LogP) is 1.93. The summed E-state index contributed by atoms with van der Waals surface area (Å²) in [7, 11) is -2.20. The zero-order valence-corrected chi connectivity index (χ0v) is 11.7. The van der Waals surface area contributed by atoms with Gasteiger partial charge in [0.05, 0.1) is 12.2 Å². The van der Waals surface area contributed by atoms with Crippen LogP contribution in [0.3, 0.4) is 0 Å². The van der Waals surface area contributed by atoms with Crippen LogP contribution in [0.4, 0.5) is 0 Å². The standard InChI is InChI=1S/C13H18O4P/c1-8-4-9(2)12(10(3)5-8)13(16)18(17)7-11(15)6-14/h4-5,11,14-15H,6-7H2,1-3H3/q+1. The maximum atomic E-state index is 12.1. The Labute approximate surface area is 107 Å². The first-order chi connectivity index (χ1) is 8.36. The molecule has 2 atom stereocenters. The van der Waals surface area contributed by atoms with Gasteiger partial charge in [0.15, 0.2) is 6.16 Å². The lowest BCUT2D eigenvalue weighted by atomic mass is 10.0. The highest BCUT2D eigenvalue weighted by Crippen LogP contribution is 2.31. The summed E-state index contributed by atoms with van der Waals surface area (Å²) in [5.41, 5.74) is 2.64. The van der Waals surface area contributed by atoms with Crippen LogP contribution in [0.15, 0.2) is 12.1 Å². The van der Waals surface area contributed by atoms with E-state index in [2.05, 4.69) is 0 Å². The van der Waals surface area contributed by atoms with Crippen molar-refractivity contribution in [3.8, 4) is 0 Å². The van der Waals surface area contributed by atoms with E-state index < -0.39 is 26.0 Å². The van der Waals surface area contributed by atoms with E-state index in [1.165, 1.54) is 0 Å². The second-order valence-electron chi connectivity index (χ2n) is 4.48. The summed E-state index contributed by atoms with van der Waals surface area (Å²) in [6.45, 7) is 5.06. The molecule has 0 aliphatic heterocycles. The molecule has 0 saturated carbocycles. The monoisotopic (exact) mass is 269 g/mol. The largest absolute Gasteiger partial charge is 0.422 e. The van der Waals surface area contributed by atoms with Gasteiger partial charge in [-0.05, 0) is 31.9 Å². The van der Waals surface area contributed by atoms with Gasteiger partial charge in [-0.2, -0.15) is 0 Å². The Hall–Kier alpha value is -1.09. The molecule has 0 spiro atoms. The second kappa shape index (κ2) is 6.19. The topological polar surface area (TPSA) is 74.6 Å². The highest BCUT2D eigenvalue weighted by molar-refractivity contribution is 7.64. The van der Waals surface area contributed by atoms with Crippen molar-refractivity contribution in [3.05, 3.63) is 34.4 Å². The van der Waals surface area contributed by atoms with Crippen molar-refractivity contribution in [2.45, 2.75) is 26.9 Å². The van der Waals surface area contributed by atoms with Crippen molar-refractivity contribution in [2.24, 2.45) is 0 Å². The molecule has 5 heteroatoms. The van der Waals surface area contributed by atoms with Gasteiger partial charge in [-0.1, -0.05) is 22.3 Å². The van der Waals surface area contributed by atoms with E-state index in [0.29, 0.717) is 5.56 Å². The first-order valence-electron chi connectivity index (χ1n) is 5.72. The molecule has 0 amide bonds. The molecule has 0 aliphatic carbocycles. The fraction of sp³-hybridized carbons (Fsp3) is 0.462. The number of hydrogen-bond donors (Lipinski definition) is 2. The van der Waals surface area contributed by atoms with Crippen LogP contribution in [0.25, 0.3) is 0 Å². The van der Waals surface area contributed by atoms with E-state index in [-0.39, 0.29) is 6.16 Å². The molecular formula is C13H18O4P+. The zero-order chi connectivity index (χ0) is 13.9. The van der Waals surface area contributed by atoms with Gasteiger partial charge in [-0.15, -0.1) is 0 Å². The van der Waals surface area contributed by atoms with Crippen LogP contribution in [0.1, 0.15) is 27.0 Å². The molecule has 1 aromatic carbocycles. The first-order valence-corrected chi connectivity index (χ1v) is 7.17. The lowest BCUT2D eigenvalue weighted by Gasteiger charge is -2.05. The van der Waals surface area contributed by atoms with Crippen LogP contribution >= 0.6 is 7.80 Å². The number of carbonyl (C=O) groups excluding carboxylic acids is 1. The summed E-state index contributed by atoms with van der Waals surface area (Å²) in [4.78, 5) is 12.1. The SMILES string of the molecule is Cc1cc(C)c(C(=O)[P+](=O)CC(O)CO)c(C)c1. The summed E-state index contributed by atoms with van der Waals surface area (Å²) >= 11 is 0. The number of benzene rings is 1. The number of hydrogen-bond acceptors (Lipinski definition) is 4. The molecule has 0 radical (unpaired) electrons. The normalized spacial score (nSPS) is 13.3. The first kappa shape index (κ1) is 15.0. The average Bonchev–Trinajstić information content (AvgIpc) is 2.27. The molecule has 0 bridgehead atoms. The van der Waals surface area contributed by atoms with Gasteiger partial charge in [-0.25, -0.2) is 4.79 Å². The Balaban J connectivity index is 3.01. The summed E-state index contributed by atoms with van der Waals surface area (Å²) in [5, 5.41) is 17.9. The Morgan fingerprint density at radius 2 is 1.78 bits per heavy atom. The fourth-order valence-corrected chi connectivity index (χ4v) is 3.24. The predicted molar refractivity (Wildman–Crippen MR) is 70.5 cm³/mol. The quantitative estimate of drug-likeness (QED) is 0.801. The van der Waals surface area contributed by atoms with Gasteiger partial charge >= 0.3 is 13.3 Å². The van der Waals surface area contributed by atoms with Crippen molar-refractivity contribution in [3.63, 3.8) is 0 Å². The van der Waals surface area contributed by atoms with Crippen molar-refractivity contribution in [2.75, 3.05) is 12.8 Å². The van der Waals surface area contributed by atoms with Gasteiger partial charge in [0.1, 0.15) is 6.10 Å². The number of aliphatic hydroxyl groups is 2. The summed E-state index contributed by atoms with van der Waals surface area (Å²) in [6, 6.07) is 3.73. The smallest absolute Gasteiger partial charge is 0.394 e. The molecule has 4 nitrogen and oxygen atoms in total. The molecule has 0 fully saturated rings. The maximum absolute atomic E-state index is 12.1. The van der Waals surface area contributed by atoms with Crippen LogP contribution in [-0.4, -0.2) is 34.6 Å². The van der Waals surface area contributed by atoms with Crippen LogP contribution in [0, 0.1) is 20.8 Å². The van der Waals surface area contributed by atoms with Crippen LogP contribution < -0.4 is 0 Å². The van der Waals surface area contributed by atoms with Crippen molar-refractivity contribution < 1.29 is 19.6 Å². The average molecular weight is 269 g/mol. The molecule has 0 aliphatic rings. The molecule has 0 aromatic heterocycles. The van der Waals surface area contributed by atoms with Crippen LogP contribution in [0.5, 0.6) is 0 Å². The maximum Gasteiger partial charge on any atom is 0.422 e. The van der Waals surface area contributed by atoms with Gasteiger partial charge in [0.25, 0.3) is 0 Å². The third kappa shape index (κ3) is 3.45. The summed E-state index contributed by atoms with van der Waals surface area (Å²) in [5.74, 6) is 0. The van der Waals surface area contributed by atoms with Gasteiger partial charge in [-0.3, -0.25) is 0 Å². The lowest BCUT2D eigenvalue weighted by Crippen LogP contribution is -2.16. The van der Waals surface area contributed by atoms with Crippen LogP contribution in [0.2, 0.25) is 0 Å². The molecule has 0 heterocycles. The Bertz CT molecular complexity index is 459. The van der Waals surface area contributed by atoms with E-state index in [4.69, 9.17) is 5.11 Å². The summed E-state index contributed by atoms with van der Waals surface area (Å²) in [6.07, 6.45) is -1.30. The number of rotatable bonds is 5. The number of aryl methyl sites for hydroxylation is 3. The van der Waals surface area contributed by atoms with Crippen molar-refractivity contribution >= 4 is 13.3 Å². The molecule has 98 valence electrons. The molecular weight excluding hydrogens is 251 g/mol. The van der Waals surface area contributed by atoms with Crippen LogP contribution in [-0.2, 0) is 4.57 Å². The molecule has 1 aromatic rings. The lowest BCUT2D eigenvalue weighted by molar-refractivity contribution is 0.104. The van der Waals surface area contributed by atoms with E-state index in [9.17, 15) is 14.5 Å². The van der Waals surface area contributed by atoms with E-state index in [0.717, 1.165) is 16.7 Å². The van der Waals surface area contributed by atoms with E-state index in [1.54, 1.807) is 13.8 Å². The Kier molecular flexibility index (Phi) is 5.15. The minimum atomic E-state index is -2.20.